The fourth-order valence-electron chi connectivity index (χ4n) is 2.13. The van der Waals surface area contributed by atoms with Crippen LogP contribution in [-0.4, -0.2) is 11.8 Å². The summed E-state index contributed by atoms with van der Waals surface area (Å²) in [5, 5.41) is 0.661. The van der Waals surface area contributed by atoms with E-state index in [4.69, 9.17) is 23.2 Å². The third-order valence-corrected chi connectivity index (χ3v) is 4.13. The third kappa shape index (κ3) is 5.25. The molecular formula is C18H18Cl2N2O2. The molecule has 126 valence electrons. The highest BCUT2D eigenvalue weighted by molar-refractivity contribution is 6.35. The van der Waals surface area contributed by atoms with E-state index in [1.54, 1.807) is 6.07 Å². The highest BCUT2D eigenvalue weighted by Gasteiger charge is 2.12. The normalized spacial score (nSPS) is 10.3. The first-order chi connectivity index (χ1) is 11.5. The second-order valence-electron chi connectivity index (χ2n) is 5.30. The maximum Gasteiger partial charge on any atom is 0.271 e. The largest absolute Gasteiger partial charge is 0.273 e. The van der Waals surface area contributed by atoms with Crippen LogP contribution in [-0.2, 0) is 17.6 Å². The number of hydrogen-bond acceptors (Lipinski definition) is 2. The van der Waals surface area contributed by atoms with Crippen molar-refractivity contribution in [2.24, 2.45) is 0 Å². The second-order valence-corrected chi connectivity index (χ2v) is 6.14. The van der Waals surface area contributed by atoms with Gasteiger partial charge in [0.2, 0.25) is 5.91 Å². The number of hydrazine groups is 1. The van der Waals surface area contributed by atoms with Crippen molar-refractivity contribution < 1.29 is 9.59 Å². The number of carbonyl (C=O) groups excluding carboxylic acids is 2. The summed E-state index contributed by atoms with van der Waals surface area (Å²) in [6, 6.07) is 12.7. The lowest BCUT2D eigenvalue weighted by molar-refractivity contribution is -0.121. The first-order valence-corrected chi connectivity index (χ1v) is 8.37. The summed E-state index contributed by atoms with van der Waals surface area (Å²) in [5.74, 6) is -0.788. The van der Waals surface area contributed by atoms with Crippen LogP contribution in [0.5, 0.6) is 0 Å². The van der Waals surface area contributed by atoms with Gasteiger partial charge in [-0.3, -0.25) is 20.4 Å². The van der Waals surface area contributed by atoms with Crippen molar-refractivity contribution in [1.82, 2.24) is 10.9 Å². The van der Waals surface area contributed by atoms with Gasteiger partial charge in [-0.25, -0.2) is 0 Å². The molecule has 0 saturated heterocycles. The second kappa shape index (κ2) is 8.71. The molecule has 0 aliphatic carbocycles. The average Bonchev–Trinajstić information content (AvgIpc) is 2.60. The lowest BCUT2D eigenvalue weighted by Gasteiger charge is -2.09. The predicted octanol–water partition coefficient (Wildman–Crippen LogP) is 3.95. The maximum atomic E-state index is 12.0. The van der Waals surface area contributed by atoms with E-state index in [1.165, 1.54) is 17.7 Å². The summed E-state index contributed by atoms with van der Waals surface area (Å²) in [5.41, 5.74) is 7.26. The molecule has 0 atom stereocenters. The van der Waals surface area contributed by atoms with Crippen LogP contribution < -0.4 is 10.9 Å². The van der Waals surface area contributed by atoms with Crippen molar-refractivity contribution in [2.75, 3.05) is 0 Å². The molecule has 0 saturated carbocycles. The van der Waals surface area contributed by atoms with Gasteiger partial charge < -0.3 is 0 Å². The Labute approximate surface area is 151 Å². The zero-order valence-corrected chi connectivity index (χ0v) is 14.7. The summed E-state index contributed by atoms with van der Waals surface area (Å²) in [6.07, 6.45) is 1.86. The van der Waals surface area contributed by atoms with Crippen LogP contribution in [0, 0.1) is 0 Å². The van der Waals surface area contributed by atoms with Gasteiger partial charge in [-0.2, -0.15) is 0 Å². The Balaban J connectivity index is 1.82. The van der Waals surface area contributed by atoms with Crippen LogP contribution in [0.15, 0.2) is 42.5 Å². The molecule has 4 nitrogen and oxygen atoms in total. The van der Waals surface area contributed by atoms with Crippen LogP contribution in [0.1, 0.15) is 34.8 Å². The Morgan fingerprint density at radius 2 is 1.62 bits per heavy atom. The van der Waals surface area contributed by atoms with Crippen molar-refractivity contribution in [1.29, 1.82) is 0 Å². The van der Waals surface area contributed by atoms with Gasteiger partial charge in [0.25, 0.3) is 5.91 Å². The molecule has 2 aromatic rings. The van der Waals surface area contributed by atoms with Crippen molar-refractivity contribution >= 4 is 35.0 Å². The van der Waals surface area contributed by atoms with Gasteiger partial charge in [-0.15, -0.1) is 0 Å². The Kier molecular flexibility index (Phi) is 6.64. The molecule has 0 aliphatic heterocycles. The van der Waals surface area contributed by atoms with Crippen molar-refractivity contribution in [3.63, 3.8) is 0 Å². The van der Waals surface area contributed by atoms with Gasteiger partial charge in [0.1, 0.15) is 0 Å². The van der Waals surface area contributed by atoms with Crippen molar-refractivity contribution in [3.8, 4) is 0 Å². The number of rotatable bonds is 5. The summed E-state index contributed by atoms with van der Waals surface area (Å²) >= 11 is 11.8. The zero-order chi connectivity index (χ0) is 17.5. The topological polar surface area (TPSA) is 58.2 Å². The van der Waals surface area contributed by atoms with Crippen LogP contribution in [0.4, 0.5) is 0 Å². The van der Waals surface area contributed by atoms with Gasteiger partial charge >= 0.3 is 0 Å². The quantitative estimate of drug-likeness (QED) is 0.789. The van der Waals surface area contributed by atoms with Crippen LogP contribution >= 0.6 is 23.2 Å². The standard InChI is InChI=1S/C18H18Cl2N2O2/c1-2-12-3-5-13(6-4-12)7-10-17(23)21-22-18(24)15-11-14(19)8-9-16(15)20/h3-6,8-9,11H,2,7,10H2,1H3,(H,21,23)(H,22,24). The van der Waals surface area contributed by atoms with E-state index >= 15 is 0 Å². The van der Waals surface area contributed by atoms with E-state index in [2.05, 4.69) is 29.9 Å². The summed E-state index contributed by atoms with van der Waals surface area (Å²) in [4.78, 5) is 23.8. The Morgan fingerprint density at radius 1 is 0.958 bits per heavy atom. The number of aryl methyl sites for hydroxylation is 2. The molecule has 0 aromatic heterocycles. The molecule has 0 radical (unpaired) electrons. The first-order valence-electron chi connectivity index (χ1n) is 7.61. The number of nitrogens with one attached hydrogen (secondary N) is 2. The van der Waals surface area contributed by atoms with E-state index in [0.717, 1.165) is 12.0 Å². The molecule has 0 fully saturated rings. The lowest BCUT2D eigenvalue weighted by atomic mass is 10.1. The Morgan fingerprint density at radius 3 is 2.29 bits per heavy atom. The summed E-state index contributed by atoms with van der Waals surface area (Å²) in [6.45, 7) is 2.09. The molecular weight excluding hydrogens is 347 g/mol. The minimum absolute atomic E-state index is 0.208. The molecule has 2 aromatic carbocycles. The fraction of sp³-hybridized carbons (Fsp3) is 0.222. The molecule has 6 heteroatoms. The van der Waals surface area contributed by atoms with E-state index in [1.807, 2.05) is 12.1 Å². The average molecular weight is 365 g/mol. The van der Waals surface area contributed by atoms with E-state index < -0.39 is 5.91 Å². The van der Waals surface area contributed by atoms with Crippen LogP contribution in [0.2, 0.25) is 10.0 Å². The molecule has 0 spiro atoms. The predicted molar refractivity (Wildman–Crippen MR) is 96.2 cm³/mol. The van der Waals surface area contributed by atoms with Gasteiger partial charge in [0, 0.05) is 11.4 Å². The maximum absolute atomic E-state index is 12.0. The molecule has 0 unspecified atom stereocenters. The van der Waals surface area contributed by atoms with Crippen LogP contribution in [0.3, 0.4) is 0 Å². The Hall–Kier alpha value is -2.04. The minimum Gasteiger partial charge on any atom is -0.273 e. The molecule has 24 heavy (non-hydrogen) atoms. The van der Waals surface area contributed by atoms with Gasteiger partial charge in [-0.1, -0.05) is 54.4 Å². The Bertz CT molecular complexity index is 730. The fourth-order valence-corrected chi connectivity index (χ4v) is 2.50. The van der Waals surface area contributed by atoms with Crippen LogP contribution in [0.25, 0.3) is 0 Å². The minimum atomic E-state index is -0.511. The highest BCUT2D eigenvalue weighted by Crippen LogP contribution is 2.20. The monoisotopic (exact) mass is 364 g/mol. The zero-order valence-electron chi connectivity index (χ0n) is 13.2. The molecule has 2 N–H and O–H groups in total. The number of amides is 2. The van der Waals surface area contributed by atoms with Crippen molar-refractivity contribution in [3.05, 3.63) is 69.2 Å². The van der Waals surface area contributed by atoms with Gasteiger partial charge in [-0.05, 0) is 42.2 Å². The molecule has 2 amide bonds. The number of halogens is 2. The molecule has 0 heterocycles. The van der Waals surface area contributed by atoms with Gasteiger partial charge in [0.15, 0.2) is 0 Å². The highest BCUT2D eigenvalue weighted by atomic mass is 35.5. The van der Waals surface area contributed by atoms with Crippen molar-refractivity contribution in [2.45, 2.75) is 26.2 Å². The van der Waals surface area contributed by atoms with Gasteiger partial charge in [0.05, 0.1) is 10.6 Å². The third-order valence-electron chi connectivity index (χ3n) is 3.56. The molecule has 0 bridgehead atoms. The number of benzene rings is 2. The molecule has 2 rings (SSSR count). The van der Waals surface area contributed by atoms with E-state index in [-0.39, 0.29) is 22.9 Å². The SMILES string of the molecule is CCc1ccc(CCC(=O)NNC(=O)c2cc(Cl)ccc2Cl)cc1. The number of hydrogen-bond donors (Lipinski definition) is 2. The summed E-state index contributed by atoms with van der Waals surface area (Å²) < 4.78 is 0. The smallest absolute Gasteiger partial charge is 0.271 e. The number of carbonyl (C=O) groups is 2. The lowest BCUT2D eigenvalue weighted by Crippen LogP contribution is -2.41. The summed E-state index contributed by atoms with van der Waals surface area (Å²) in [7, 11) is 0. The first kappa shape index (κ1) is 18.3. The van der Waals surface area contributed by atoms with E-state index in [9.17, 15) is 9.59 Å². The molecule has 0 aliphatic rings. The van der Waals surface area contributed by atoms with E-state index in [0.29, 0.717) is 11.4 Å².